The van der Waals surface area contributed by atoms with E-state index in [1.807, 2.05) is 18.2 Å². The van der Waals surface area contributed by atoms with Gasteiger partial charge < -0.3 is 100 Å². The number of rotatable bonds is 51. The molecule has 1 aliphatic heterocycles. The molecule has 34 heteroatoms. The van der Waals surface area contributed by atoms with Gasteiger partial charge in [-0.3, -0.25) is 62.3 Å². The monoisotopic (exact) mass is 1540 g/mol. The minimum atomic E-state index is -1.72. The first kappa shape index (κ1) is 92.3. The number of aliphatic carboxylic acids is 2. The van der Waals surface area contributed by atoms with E-state index in [-0.39, 0.29) is 82.1 Å². The fourth-order valence-electron chi connectivity index (χ4n) is 12.8. The molecule has 0 unspecified atom stereocenters. The second kappa shape index (κ2) is 47.1. The van der Waals surface area contributed by atoms with Crippen molar-refractivity contribution >= 4 is 99.6 Å². The van der Waals surface area contributed by atoms with Crippen LogP contribution in [0.4, 0.5) is 0 Å². The number of nitrogens with zero attached hydrogens (tertiary/aromatic N) is 1. The zero-order chi connectivity index (χ0) is 81.9. The Bertz CT molecular complexity index is 3590. The molecule has 2 aromatic carbocycles. The molecule has 610 valence electrons. The number of aliphatic hydroxyl groups is 3. The Morgan fingerprint density at radius 1 is 0.491 bits per heavy atom. The van der Waals surface area contributed by atoms with E-state index in [4.69, 9.17) is 11.5 Å². The summed E-state index contributed by atoms with van der Waals surface area (Å²) in [6.45, 7) is 12.2. The lowest BCUT2D eigenvalue weighted by Crippen LogP contribution is -2.62. The average Bonchev–Trinajstić information content (AvgIpc) is 1.60. The second-order valence-electron chi connectivity index (χ2n) is 29.3. The number of primary amides is 2. The minimum absolute atomic E-state index is 0.00712. The van der Waals surface area contributed by atoms with E-state index in [1.54, 1.807) is 84.1 Å². The molecule has 0 bridgehead atoms. The molecule has 110 heavy (non-hydrogen) atoms. The van der Waals surface area contributed by atoms with Crippen LogP contribution in [0.1, 0.15) is 189 Å². The van der Waals surface area contributed by atoms with Crippen LogP contribution in [0.3, 0.4) is 0 Å². The van der Waals surface area contributed by atoms with Crippen LogP contribution in [0.2, 0.25) is 0 Å². The molecule has 0 saturated carbocycles. The van der Waals surface area contributed by atoms with Crippen molar-refractivity contribution in [2.75, 3.05) is 13.2 Å². The predicted molar refractivity (Wildman–Crippen MR) is 403 cm³/mol. The zero-order valence-corrected chi connectivity index (χ0v) is 64.2. The van der Waals surface area contributed by atoms with Gasteiger partial charge in [0.1, 0.15) is 66.5 Å². The molecule has 4 rings (SSSR count). The smallest absolute Gasteiger partial charge is 0.326 e. The van der Waals surface area contributed by atoms with Crippen molar-refractivity contribution in [3.8, 4) is 0 Å². The molecule has 0 spiro atoms. The molecule has 2 heterocycles. The number of amides is 13. The molecule has 1 fully saturated rings. The number of unbranched alkanes of at least 4 members (excludes halogenated alkanes) is 8. The van der Waals surface area contributed by atoms with Gasteiger partial charge in [0.2, 0.25) is 76.8 Å². The van der Waals surface area contributed by atoms with Crippen LogP contribution in [0.5, 0.6) is 0 Å². The first-order valence-electron chi connectivity index (χ1n) is 38.0. The third kappa shape index (κ3) is 31.5. The highest BCUT2D eigenvalue weighted by Crippen LogP contribution is 2.23. The fourth-order valence-corrected chi connectivity index (χ4v) is 12.8. The van der Waals surface area contributed by atoms with Crippen molar-refractivity contribution in [2.45, 2.75) is 269 Å². The lowest BCUT2D eigenvalue weighted by atomic mass is 9.96. The molecule has 0 radical (unpaired) electrons. The van der Waals surface area contributed by atoms with Gasteiger partial charge in [-0.15, -0.1) is 0 Å². The highest BCUT2D eigenvalue weighted by molar-refractivity contribution is 6.00. The van der Waals surface area contributed by atoms with Crippen molar-refractivity contribution < 1.29 is 97.5 Å². The molecule has 1 saturated heterocycles. The van der Waals surface area contributed by atoms with Gasteiger partial charge in [-0.2, -0.15) is 0 Å². The molecule has 20 N–H and O–H groups in total. The summed E-state index contributed by atoms with van der Waals surface area (Å²) in [4.78, 5) is 204. The third-order valence-electron chi connectivity index (χ3n) is 19.1. The number of likely N-dealkylation sites (tertiary alicyclic amines) is 1. The summed E-state index contributed by atoms with van der Waals surface area (Å²) in [5.74, 6) is -14.8. The Hall–Kier alpha value is -10.1. The highest BCUT2D eigenvalue weighted by atomic mass is 16.4. The summed E-state index contributed by atoms with van der Waals surface area (Å²) in [6.07, 6.45) is 4.64. The number of nitrogens with two attached hydrogens (primary N) is 2. The summed E-state index contributed by atoms with van der Waals surface area (Å²) >= 11 is 0. The van der Waals surface area contributed by atoms with Gasteiger partial charge in [0, 0.05) is 55.7 Å². The Labute approximate surface area is 640 Å². The Morgan fingerprint density at radius 2 is 0.945 bits per heavy atom. The first-order chi connectivity index (χ1) is 52.0. The summed E-state index contributed by atoms with van der Waals surface area (Å²) in [5.41, 5.74) is 12.8. The number of hydrogen-bond acceptors (Lipinski definition) is 18. The lowest BCUT2D eigenvalue weighted by Gasteiger charge is -2.30. The van der Waals surface area contributed by atoms with Gasteiger partial charge in [0.15, 0.2) is 0 Å². The van der Waals surface area contributed by atoms with Gasteiger partial charge in [0.25, 0.3) is 0 Å². The number of benzene rings is 2. The molecule has 1 aromatic heterocycles. The maximum Gasteiger partial charge on any atom is 0.326 e. The van der Waals surface area contributed by atoms with Crippen LogP contribution in [-0.2, 0) is 84.8 Å². The number of aromatic amines is 1. The van der Waals surface area contributed by atoms with Gasteiger partial charge in [0.05, 0.1) is 25.2 Å². The van der Waals surface area contributed by atoms with Crippen molar-refractivity contribution in [3.05, 3.63) is 71.9 Å². The Kier molecular flexibility index (Phi) is 39.5. The van der Waals surface area contributed by atoms with E-state index in [0.717, 1.165) is 43.0 Å². The number of carbonyl (C=O) groups is 15. The number of hydrogen-bond donors (Lipinski definition) is 18. The largest absolute Gasteiger partial charge is 0.480 e. The maximum atomic E-state index is 14.2. The quantitative estimate of drug-likeness (QED) is 0.0338. The summed E-state index contributed by atoms with van der Waals surface area (Å²) in [6, 6.07) is -0.339. The van der Waals surface area contributed by atoms with Crippen LogP contribution in [0.25, 0.3) is 10.9 Å². The number of para-hydroxylation sites is 1. The van der Waals surface area contributed by atoms with Crippen LogP contribution < -0.4 is 64.6 Å². The summed E-state index contributed by atoms with van der Waals surface area (Å²) < 4.78 is 0. The van der Waals surface area contributed by atoms with Gasteiger partial charge >= 0.3 is 11.9 Å². The molecule has 1 aliphatic rings. The highest BCUT2D eigenvalue weighted by Gasteiger charge is 2.40. The number of carbonyl (C=O) groups excluding carboxylic acids is 13. The topological polar surface area (TPSA) is 549 Å². The SMILES string of the molecule is CC[C@H](C)[C@H](NC(=O)[C@H](CCC(N)=O)NC(=O)[C@@H]1CCCN1C(=O)CCCCCCCCCCCC(=O)N[C@@H](CO)C(=O)N[C@H](C(=O)N[C@@H](CC(C)C)C(=O)N[C@@H](CC(N)=O)C(=O)N[C@@H](Cc1ccccc1)C(=O)O)[C@@H](C)O)C(=O)N[C@H](C(=O)N[C@@H](CC(C)C)C(=O)N[C@@H](Cc1c[nH]c2ccccc12)C(=O)O)[C@@H](C)O. The standard InChI is InChI=1S/C76H116N14O20/c1-9-44(6)63(72(104)89-65(46(8)93)74(106)84-53(36-43(4)5)68(100)86-56(76(109)110)38-48-40-79-50-28-23-22-27-49(48)50)87-66(98)51(32-33-59(77)94)81-71(103)58-29-24-34-90(58)62(97)31-21-16-14-12-10-11-13-15-20-30-61(96)80-57(41-91)70(102)88-64(45(7)92)73(105)83-52(35-42(2)3)67(99)82-54(39-60(78)95)69(101)85-55(75(107)108)37-47-25-18-17-19-26-47/h17-19,22-23,25-28,40,42-46,51-58,63-65,79,91-93H,9-16,20-21,24,29-39,41H2,1-8H3,(H2,77,94)(H2,78,95)(H,80,96)(H,81,103)(H,82,99)(H,83,105)(H,84,106)(H,85,101)(H,86,100)(H,87,98)(H,88,102)(H,89,104)(H,107,108)(H,109,110)/t44-,45+,46+,51-,52-,53-,54-,55-,56-,57-,58-,63-,64-,65-/m0/s1. The number of H-pyrrole nitrogens is 1. The van der Waals surface area contributed by atoms with E-state index in [0.29, 0.717) is 49.7 Å². The molecular formula is C76H116N14O20. The van der Waals surface area contributed by atoms with Crippen molar-refractivity contribution in [2.24, 2.45) is 29.2 Å². The van der Waals surface area contributed by atoms with Crippen LogP contribution in [-0.4, -0.2) is 216 Å². The third-order valence-corrected chi connectivity index (χ3v) is 19.1. The second-order valence-corrected chi connectivity index (χ2v) is 29.3. The predicted octanol–water partition coefficient (Wildman–Crippen LogP) is 0.285. The molecule has 13 amide bonds. The maximum absolute atomic E-state index is 14.2. The first-order valence-corrected chi connectivity index (χ1v) is 38.0. The molecule has 0 aliphatic carbocycles. The Balaban J connectivity index is 1.22. The fraction of sp³-hybridized carbons (Fsp3) is 0.618. The minimum Gasteiger partial charge on any atom is -0.480 e. The zero-order valence-electron chi connectivity index (χ0n) is 64.2. The normalized spacial score (nSPS) is 16.3. The van der Waals surface area contributed by atoms with E-state index < -0.39 is 180 Å². The lowest BCUT2D eigenvalue weighted by molar-refractivity contribution is -0.143. The van der Waals surface area contributed by atoms with Crippen LogP contribution >= 0.6 is 0 Å². The van der Waals surface area contributed by atoms with Gasteiger partial charge in [-0.1, -0.05) is 141 Å². The van der Waals surface area contributed by atoms with Crippen molar-refractivity contribution in [1.29, 1.82) is 0 Å². The summed E-state index contributed by atoms with van der Waals surface area (Å²) in [5, 5.41) is 77.2. The number of nitrogens with one attached hydrogen (secondary N) is 11. The number of carboxylic acids is 2. The van der Waals surface area contributed by atoms with Crippen molar-refractivity contribution in [1.82, 2.24) is 63.1 Å². The molecule has 14 atom stereocenters. The number of fused-ring (bicyclic) bond motifs is 1. The Morgan fingerprint density at radius 3 is 1.45 bits per heavy atom. The van der Waals surface area contributed by atoms with E-state index in [2.05, 4.69) is 58.2 Å². The van der Waals surface area contributed by atoms with E-state index in [1.165, 1.54) is 18.7 Å². The van der Waals surface area contributed by atoms with Crippen molar-refractivity contribution in [3.63, 3.8) is 0 Å². The average molecular weight is 1550 g/mol. The van der Waals surface area contributed by atoms with Gasteiger partial charge in [-0.25, -0.2) is 9.59 Å². The summed E-state index contributed by atoms with van der Waals surface area (Å²) in [7, 11) is 0. The molecule has 34 nitrogen and oxygen atoms in total. The van der Waals surface area contributed by atoms with E-state index >= 15 is 0 Å². The van der Waals surface area contributed by atoms with E-state index in [9.17, 15) is 97.5 Å². The van der Waals surface area contributed by atoms with Gasteiger partial charge in [-0.05, 0) is 93.7 Å². The number of carboxylic acid groups (broad SMARTS) is 2. The van der Waals surface area contributed by atoms with Crippen LogP contribution in [0.15, 0.2) is 60.8 Å². The number of aromatic nitrogens is 1. The molecule has 3 aromatic rings. The molecular weight excluding hydrogens is 1430 g/mol. The number of aliphatic hydroxyl groups excluding tert-OH is 3. The van der Waals surface area contributed by atoms with Crippen LogP contribution in [0, 0.1) is 17.8 Å².